The van der Waals surface area contributed by atoms with E-state index in [0.717, 1.165) is 11.4 Å². The van der Waals surface area contributed by atoms with Crippen molar-refractivity contribution in [1.29, 1.82) is 0 Å². The molecule has 2 rings (SSSR count). The highest BCUT2D eigenvalue weighted by Gasteiger charge is 2.14. The highest BCUT2D eigenvalue weighted by atomic mass is 15.3. The van der Waals surface area contributed by atoms with Crippen LogP contribution in [0.5, 0.6) is 0 Å². The molecule has 0 aliphatic heterocycles. The second-order valence-corrected chi connectivity index (χ2v) is 3.27. The van der Waals surface area contributed by atoms with Gasteiger partial charge in [-0.25, -0.2) is 0 Å². The van der Waals surface area contributed by atoms with E-state index in [1.807, 2.05) is 32.4 Å². The van der Waals surface area contributed by atoms with Crippen molar-refractivity contribution in [3.05, 3.63) is 35.9 Å². The Hall–Kier alpha value is -1.62. The monoisotopic (exact) mass is 191 g/mol. The smallest absolute Gasteiger partial charge is 0.0915 e. The molecule has 0 aliphatic carbocycles. The third-order valence-electron chi connectivity index (χ3n) is 2.23. The summed E-state index contributed by atoms with van der Waals surface area (Å²) in [6, 6.07) is 3.61. The van der Waals surface area contributed by atoms with Crippen molar-refractivity contribution in [3.8, 4) is 0 Å². The number of aryl methyl sites for hydroxylation is 2. The van der Waals surface area contributed by atoms with Crippen LogP contribution in [0.4, 0.5) is 0 Å². The summed E-state index contributed by atoms with van der Waals surface area (Å²) in [7, 11) is 3.75. The van der Waals surface area contributed by atoms with Crippen LogP contribution in [-0.4, -0.2) is 19.6 Å². The second kappa shape index (κ2) is 3.26. The maximum absolute atomic E-state index is 6.04. The van der Waals surface area contributed by atoms with E-state index in [1.165, 1.54) is 0 Å². The minimum Gasteiger partial charge on any atom is -0.318 e. The molecule has 0 aromatic carbocycles. The van der Waals surface area contributed by atoms with Crippen molar-refractivity contribution in [2.75, 3.05) is 0 Å². The van der Waals surface area contributed by atoms with Crippen molar-refractivity contribution in [3.63, 3.8) is 0 Å². The predicted octanol–water partition coefficient (Wildman–Crippen LogP) is 0.202. The topological polar surface area (TPSA) is 61.7 Å². The highest BCUT2D eigenvalue weighted by molar-refractivity contribution is 5.19. The van der Waals surface area contributed by atoms with E-state index in [9.17, 15) is 0 Å². The van der Waals surface area contributed by atoms with Crippen LogP contribution in [0.3, 0.4) is 0 Å². The molecule has 5 nitrogen and oxygen atoms in total. The van der Waals surface area contributed by atoms with Gasteiger partial charge in [0, 0.05) is 26.5 Å². The van der Waals surface area contributed by atoms with E-state index in [0.29, 0.717) is 0 Å². The van der Waals surface area contributed by atoms with Crippen LogP contribution >= 0.6 is 0 Å². The molecule has 0 amide bonds. The molecule has 0 aliphatic rings. The van der Waals surface area contributed by atoms with Gasteiger partial charge < -0.3 is 5.73 Å². The Morgan fingerprint density at radius 2 is 2.14 bits per heavy atom. The summed E-state index contributed by atoms with van der Waals surface area (Å²) >= 11 is 0. The fourth-order valence-electron chi connectivity index (χ4n) is 1.44. The Kier molecular flexibility index (Phi) is 2.09. The van der Waals surface area contributed by atoms with Crippen LogP contribution in [-0.2, 0) is 14.1 Å². The van der Waals surface area contributed by atoms with Gasteiger partial charge in [-0.05, 0) is 12.1 Å². The van der Waals surface area contributed by atoms with Gasteiger partial charge in [-0.2, -0.15) is 10.2 Å². The summed E-state index contributed by atoms with van der Waals surface area (Å²) in [5.41, 5.74) is 7.86. The van der Waals surface area contributed by atoms with Crippen molar-refractivity contribution in [2.24, 2.45) is 19.8 Å². The van der Waals surface area contributed by atoms with Gasteiger partial charge in [0.05, 0.1) is 17.4 Å². The molecule has 2 aromatic heterocycles. The Morgan fingerprint density at radius 3 is 2.64 bits per heavy atom. The average molecular weight is 191 g/mol. The maximum atomic E-state index is 6.04. The summed E-state index contributed by atoms with van der Waals surface area (Å²) in [5, 5.41) is 8.33. The van der Waals surface area contributed by atoms with Crippen LogP contribution < -0.4 is 5.73 Å². The average Bonchev–Trinajstić information content (AvgIpc) is 2.73. The molecular weight excluding hydrogens is 178 g/mol. The fraction of sp³-hybridized carbons (Fsp3) is 0.333. The second-order valence-electron chi connectivity index (χ2n) is 3.27. The van der Waals surface area contributed by atoms with E-state index < -0.39 is 0 Å². The summed E-state index contributed by atoms with van der Waals surface area (Å²) in [6.45, 7) is 0. The Bertz CT molecular complexity index is 428. The molecule has 1 unspecified atom stereocenters. The van der Waals surface area contributed by atoms with Gasteiger partial charge in [-0.1, -0.05) is 0 Å². The fourth-order valence-corrected chi connectivity index (χ4v) is 1.44. The van der Waals surface area contributed by atoms with E-state index in [-0.39, 0.29) is 6.04 Å². The molecule has 14 heavy (non-hydrogen) atoms. The van der Waals surface area contributed by atoms with Gasteiger partial charge >= 0.3 is 0 Å². The molecule has 2 N–H and O–H groups in total. The van der Waals surface area contributed by atoms with E-state index in [2.05, 4.69) is 10.2 Å². The van der Waals surface area contributed by atoms with Gasteiger partial charge in [-0.15, -0.1) is 0 Å². The van der Waals surface area contributed by atoms with Gasteiger partial charge in [-0.3, -0.25) is 9.36 Å². The first-order valence-corrected chi connectivity index (χ1v) is 4.41. The van der Waals surface area contributed by atoms with Crippen LogP contribution in [0.1, 0.15) is 17.4 Å². The lowest BCUT2D eigenvalue weighted by atomic mass is 10.1. The van der Waals surface area contributed by atoms with E-state index >= 15 is 0 Å². The summed E-state index contributed by atoms with van der Waals surface area (Å²) < 4.78 is 3.50. The van der Waals surface area contributed by atoms with Gasteiger partial charge in [0.2, 0.25) is 0 Å². The first-order valence-electron chi connectivity index (χ1n) is 4.41. The molecular formula is C9H13N5. The molecule has 5 heteroatoms. The van der Waals surface area contributed by atoms with Gasteiger partial charge in [0.1, 0.15) is 0 Å². The normalized spacial score (nSPS) is 13.1. The number of nitrogens with two attached hydrogens (primary N) is 1. The lowest BCUT2D eigenvalue weighted by molar-refractivity contribution is 0.647. The lowest BCUT2D eigenvalue weighted by Crippen LogP contribution is -2.16. The molecule has 0 bridgehead atoms. The lowest BCUT2D eigenvalue weighted by Gasteiger charge is -2.08. The first-order chi connectivity index (χ1) is 6.68. The number of aromatic nitrogens is 4. The standard InChI is InChI=1S/C9H13N5/c1-13-6-4-7(12-13)9(10)8-3-5-11-14(8)2/h3-6,9H,10H2,1-2H3. The number of nitrogens with zero attached hydrogens (tertiary/aromatic N) is 4. The Labute approximate surface area is 82.1 Å². The van der Waals surface area contributed by atoms with Crippen LogP contribution in [0, 0.1) is 0 Å². The zero-order chi connectivity index (χ0) is 10.1. The Balaban J connectivity index is 2.33. The Morgan fingerprint density at radius 1 is 1.36 bits per heavy atom. The van der Waals surface area contributed by atoms with Crippen LogP contribution in [0.2, 0.25) is 0 Å². The largest absolute Gasteiger partial charge is 0.318 e. The molecule has 1 atom stereocenters. The number of rotatable bonds is 2. The van der Waals surface area contributed by atoms with Crippen molar-refractivity contribution < 1.29 is 0 Å². The highest BCUT2D eigenvalue weighted by Crippen LogP contribution is 2.15. The molecule has 0 fully saturated rings. The van der Waals surface area contributed by atoms with Gasteiger partial charge in [0.25, 0.3) is 0 Å². The zero-order valence-corrected chi connectivity index (χ0v) is 8.25. The molecule has 2 heterocycles. The summed E-state index contributed by atoms with van der Waals surface area (Å²) in [5.74, 6) is 0. The minimum absolute atomic E-state index is 0.205. The van der Waals surface area contributed by atoms with Crippen molar-refractivity contribution in [2.45, 2.75) is 6.04 Å². The SMILES string of the molecule is Cn1ccc(C(N)c2ccnn2C)n1. The van der Waals surface area contributed by atoms with Crippen molar-refractivity contribution in [1.82, 2.24) is 19.6 Å². The maximum Gasteiger partial charge on any atom is 0.0915 e. The molecule has 74 valence electrons. The third kappa shape index (κ3) is 1.42. The zero-order valence-electron chi connectivity index (χ0n) is 8.25. The number of hydrogen-bond acceptors (Lipinski definition) is 3. The number of hydrogen-bond donors (Lipinski definition) is 1. The quantitative estimate of drug-likeness (QED) is 0.737. The van der Waals surface area contributed by atoms with Crippen LogP contribution in [0.15, 0.2) is 24.5 Å². The molecule has 0 radical (unpaired) electrons. The summed E-state index contributed by atoms with van der Waals surface area (Å²) in [6.07, 6.45) is 3.61. The molecule has 0 spiro atoms. The van der Waals surface area contributed by atoms with Crippen molar-refractivity contribution >= 4 is 0 Å². The molecule has 2 aromatic rings. The molecule has 0 saturated carbocycles. The first kappa shape index (κ1) is 8.96. The minimum atomic E-state index is -0.205. The third-order valence-corrected chi connectivity index (χ3v) is 2.23. The van der Waals surface area contributed by atoms with Gasteiger partial charge in [0.15, 0.2) is 0 Å². The van der Waals surface area contributed by atoms with E-state index in [1.54, 1.807) is 15.6 Å². The molecule has 0 saturated heterocycles. The van der Waals surface area contributed by atoms with Crippen LogP contribution in [0.25, 0.3) is 0 Å². The van der Waals surface area contributed by atoms with E-state index in [4.69, 9.17) is 5.73 Å². The predicted molar refractivity (Wildman–Crippen MR) is 52.4 cm³/mol. The summed E-state index contributed by atoms with van der Waals surface area (Å²) in [4.78, 5) is 0.